The molecular weight excluding hydrogens is 218 g/mol. The summed E-state index contributed by atoms with van der Waals surface area (Å²) >= 11 is 0. The van der Waals surface area contributed by atoms with Crippen molar-refractivity contribution >= 4 is 0 Å². The Hall–Kier alpha value is -0.820. The van der Waals surface area contributed by atoms with Crippen LogP contribution in [0.25, 0.3) is 0 Å². The van der Waals surface area contributed by atoms with E-state index in [4.69, 9.17) is 0 Å². The lowest BCUT2D eigenvalue weighted by molar-refractivity contribution is 0.493. The fourth-order valence-electron chi connectivity index (χ4n) is 3.08. The van der Waals surface area contributed by atoms with Crippen LogP contribution in [0.5, 0.6) is 0 Å². The third-order valence-electron chi connectivity index (χ3n) is 4.24. The third-order valence-corrected chi connectivity index (χ3v) is 4.24. The molecule has 1 fully saturated rings. The normalized spacial score (nSPS) is 26.7. The van der Waals surface area contributed by atoms with Crippen molar-refractivity contribution in [2.24, 2.45) is 11.8 Å². The molecular formula is C17H27N. The SMILES string of the molecule is Cc1cc(C)cc(C2(CNCC(C)C)CC2C)c1. The smallest absolute Gasteiger partial charge is 0.0107 e. The van der Waals surface area contributed by atoms with Gasteiger partial charge in [0, 0.05) is 12.0 Å². The van der Waals surface area contributed by atoms with E-state index >= 15 is 0 Å². The van der Waals surface area contributed by atoms with E-state index in [0.29, 0.717) is 5.41 Å². The molecule has 2 unspecified atom stereocenters. The lowest BCUT2D eigenvalue weighted by Gasteiger charge is -2.20. The van der Waals surface area contributed by atoms with E-state index in [2.05, 4.69) is 58.1 Å². The molecule has 2 rings (SSSR count). The third kappa shape index (κ3) is 2.77. The molecule has 0 bridgehead atoms. The van der Waals surface area contributed by atoms with Crippen LogP contribution >= 0.6 is 0 Å². The van der Waals surface area contributed by atoms with E-state index in [-0.39, 0.29) is 0 Å². The van der Waals surface area contributed by atoms with Crippen molar-refractivity contribution in [1.29, 1.82) is 0 Å². The first-order chi connectivity index (χ1) is 8.44. The molecule has 1 aliphatic rings. The Bertz CT molecular complexity index is 401. The lowest BCUT2D eigenvalue weighted by Crippen LogP contribution is -2.31. The highest BCUT2D eigenvalue weighted by Crippen LogP contribution is 2.53. The molecule has 18 heavy (non-hydrogen) atoms. The summed E-state index contributed by atoms with van der Waals surface area (Å²) in [6.45, 7) is 13.6. The zero-order valence-electron chi connectivity index (χ0n) is 12.5. The monoisotopic (exact) mass is 245 g/mol. The Morgan fingerprint density at radius 3 is 2.22 bits per heavy atom. The molecule has 0 saturated heterocycles. The second-order valence-electron chi connectivity index (χ2n) is 6.66. The first-order valence-electron chi connectivity index (χ1n) is 7.23. The number of hydrogen-bond donors (Lipinski definition) is 1. The van der Waals surface area contributed by atoms with Crippen LogP contribution in [0.15, 0.2) is 18.2 Å². The summed E-state index contributed by atoms with van der Waals surface area (Å²) in [5, 5.41) is 3.66. The predicted molar refractivity (Wildman–Crippen MR) is 79.1 cm³/mol. The van der Waals surface area contributed by atoms with Gasteiger partial charge in [-0.1, -0.05) is 50.1 Å². The molecule has 1 nitrogen and oxygen atoms in total. The van der Waals surface area contributed by atoms with Gasteiger partial charge in [0.2, 0.25) is 0 Å². The van der Waals surface area contributed by atoms with E-state index in [1.165, 1.54) is 17.5 Å². The molecule has 1 N–H and O–H groups in total. The van der Waals surface area contributed by atoms with Gasteiger partial charge >= 0.3 is 0 Å². The number of benzene rings is 1. The van der Waals surface area contributed by atoms with Crippen LogP contribution in [0.2, 0.25) is 0 Å². The molecule has 1 aromatic carbocycles. The van der Waals surface area contributed by atoms with E-state index in [0.717, 1.165) is 24.9 Å². The van der Waals surface area contributed by atoms with E-state index in [9.17, 15) is 0 Å². The fraction of sp³-hybridized carbons (Fsp3) is 0.647. The minimum atomic E-state index is 0.408. The summed E-state index contributed by atoms with van der Waals surface area (Å²) in [4.78, 5) is 0. The number of aryl methyl sites for hydroxylation is 2. The van der Waals surface area contributed by atoms with E-state index < -0.39 is 0 Å². The Kier molecular flexibility index (Phi) is 3.82. The summed E-state index contributed by atoms with van der Waals surface area (Å²) in [6.07, 6.45) is 1.33. The number of nitrogens with one attached hydrogen (secondary N) is 1. The highest BCUT2D eigenvalue weighted by molar-refractivity contribution is 5.39. The van der Waals surface area contributed by atoms with Crippen molar-refractivity contribution in [2.75, 3.05) is 13.1 Å². The summed E-state index contributed by atoms with van der Waals surface area (Å²) < 4.78 is 0. The summed E-state index contributed by atoms with van der Waals surface area (Å²) in [5.74, 6) is 1.55. The van der Waals surface area contributed by atoms with Crippen molar-refractivity contribution in [3.05, 3.63) is 34.9 Å². The molecule has 0 radical (unpaired) electrons. The molecule has 100 valence electrons. The van der Waals surface area contributed by atoms with Crippen LogP contribution in [-0.4, -0.2) is 13.1 Å². The second-order valence-corrected chi connectivity index (χ2v) is 6.66. The van der Waals surface area contributed by atoms with Gasteiger partial charge in [-0.15, -0.1) is 0 Å². The average Bonchev–Trinajstić information content (AvgIpc) is 2.88. The van der Waals surface area contributed by atoms with Crippen molar-refractivity contribution in [1.82, 2.24) is 5.32 Å². The molecule has 1 aliphatic carbocycles. The van der Waals surface area contributed by atoms with E-state index in [1.54, 1.807) is 5.56 Å². The Labute approximate surface area is 112 Å². The maximum Gasteiger partial charge on any atom is 0.0107 e. The van der Waals surface area contributed by atoms with E-state index in [1.807, 2.05) is 0 Å². The van der Waals surface area contributed by atoms with Crippen molar-refractivity contribution in [3.63, 3.8) is 0 Å². The van der Waals surface area contributed by atoms with Gasteiger partial charge < -0.3 is 5.32 Å². The minimum Gasteiger partial charge on any atom is -0.316 e. The molecule has 0 aliphatic heterocycles. The zero-order valence-corrected chi connectivity index (χ0v) is 12.5. The van der Waals surface area contributed by atoms with Gasteiger partial charge in [0.05, 0.1) is 0 Å². The minimum absolute atomic E-state index is 0.408. The first kappa shape index (κ1) is 13.6. The van der Waals surface area contributed by atoms with Crippen molar-refractivity contribution < 1.29 is 0 Å². The Morgan fingerprint density at radius 1 is 1.22 bits per heavy atom. The summed E-state index contributed by atoms with van der Waals surface area (Å²) in [7, 11) is 0. The van der Waals surface area contributed by atoms with Crippen LogP contribution in [0.1, 0.15) is 43.9 Å². The Balaban J connectivity index is 2.12. The Morgan fingerprint density at radius 2 is 1.78 bits per heavy atom. The zero-order chi connectivity index (χ0) is 13.3. The maximum absolute atomic E-state index is 3.66. The fourth-order valence-corrected chi connectivity index (χ4v) is 3.08. The van der Waals surface area contributed by atoms with Crippen LogP contribution in [0.4, 0.5) is 0 Å². The average molecular weight is 245 g/mol. The maximum atomic E-state index is 3.66. The molecule has 0 heterocycles. The standard InChI is InChI=1S/C17H27N/c1-12(2)10-18-11-17(9-15(17)5)16-7-13(3)6-14(4)8-16/h6-8,12,15,18H,9-11H2,1-5H3. The van der Waals surface area contributed by atoms with Gasteiger partial charge in [-0.25, -0.2) is 0 Å². The molecule has 2 atom stereocenters. The topological polar surface area (TPSA) is 12.0 Å². The van der Waals surface area contributed by atoms with Crippen molar-refractivity contribution in [2.45, 2.75) is 46.5 Å². The summed E-state index contributed by atoms with van der Waals surface area (Å²) in [5.41, 5.74) is 4.74. The quantitative estimate of drug-likeness (QED) is 0.831. The molecule has 0 aromatic heterocycles. The number of rotatable bonds is 5. The van der Waals surface area contributed by atoms with Gasteiger partial charge in [-0.3, -0.25) is 0 Å². The summed E-state index contributed by atoms with van der Waals surface area (Å²) in [6, 6.07) is 7.03. The van der Waals surface area contributed by atoms with Gasteiger partial charge in [-0.05, 0) is 44.2 Å². The molecule has 0 amide bonds. The van der Waals surface area contributed by atoms with Crippen LogP contribution in [0.3, 0.4) is 0 Å². The predicted octanol–water partition coefficient (Wildman–Crippen LogP) is 3.83. The number of hydrogen-bond acceptors (Lipinski definition) is 1. The van der Waals surface area contributed by atoms with Gasteiger partial charge in [0.25, 0.3) is 0 Å². The molecule has 0 spiro atoms. The van der Waals surface area contributed by atoms with Crippen LogP contribution in [-0.2, 0) is 5.41 Å². The second kappa shape index (κ2) is 5.05. The highest BCUT2D eigenvalue weighted by atomic mass is 14.9. The largest absolute Gasteiger partial charge is 0.316 e. The van der Waals surface area contributed by atoms with Gasteiger partial charge in [-0.2, -0.15) is 0 Å². The highest BCUT2D eigenvalue weighted by Gasteiger charge is 2.51. The molecule has 1 heteroatoms. The van der Waals surface area contributed by atoms with Crippen molar-refractivity contribution in [3.8, 4) is 0 Å². The van der Waals surface area contributed by atoms with Crippen LogP contribution in [0, 0.1) is 25.7 Å². The van der Waals surface area contributed by atoms with Gasteiger partial charge in [0.15, 0.2) is 0 Å². The van der Waals surface area contributed by atoms with Crippen LogP contribution < -0.4 is 5.32 Å². The molecule has 1 saturated carbocycles. The van der Waals surface area contributed by atoms with Gasteiger partial charge in [0.1, 0.15) is 0 Å². The lowest BCUT2D eigenvalue weighted by atomic mass is 9.90. The first-order valence-corrected chi connectivity index (χ1v) is 7.23. The molecule has 1 aromatic rings.